The Morgan fingerprint density at radius 3 is 2.22 bits per heavy atom. The number of primary amides is 1. The molecule has 1 amide bonds. The van der Waals surface area contributed by atoms with Crippen LogP contribution in [-0.2, 0) is 25.5 Å². The summed E-state index contributed by atoms with van der Waals surface area (Å²) < 4.78 is 17.3. The molecule has 14 N–H and O–H groups in total. The van der Waals surface area contributed by atoms with Crippen LogP contribution in [0.3, 0.4) is 0 Å². The maximum absolute atomic E-state index is 11.4. The Labute approximate surface area is 289 Å². The zero-order valence-corrected chi connectivity index (χ0v) is 28.8. The highest BCUT2D eigenvalue weighted by Crippen LogP contribution is 2.32. The van der Waals surface area contributed by atoms with Crippen LogP contribution in [0.1, 0.15) is 62.4 Å². The number of aliphatic carboxylic acids is 2. The largest absolute Gasteiger partial charge is 0.494 e. The predicted molar refractivity (Wildman–Crippen MR) is 179 cm³/mol. The average Bonchev–Trinajstić information content (AvgIpc) is 3.41. The number of carboxylic acids is 2. The second kappa shape index (κ2) is 21.2. The van der Waals surface area contributed by atoms with Gasteiger partial charge >= 0.3 is 11.9 Å². The number of aliphatic hydroxyl groups is 4. The van der Waals surface area contributed by atoms with Crippen LogP contribution in [-0.4, -0.2) is 127 Å². The number of amides is 1. The fourth-order valence-corrected chi connectivity index (χ4v) is 4.55. The number of hydrogen-bond donors (Lipinski definition) is 9. The summed E-state index contributed by atoms with van der Waals surface area (Å²) in [5.74, 6) is -1.80. The summed E-state index contributed by atoms with van der Waals surface area (Å²) in [6.07, 6.45) is -4.61. The zero-order chi connectivity index (χ0) is 36.2. The van der Waals surface area contributed by atoms with E-state index in [1.54, 1.807) is 13.8 Å². The smallest absolute Gasteiger partial charge is 0.328 e. The molecule has 2 aromatic rings. The molecule has 1 aliphatic rings. The van der Waals surface area contributed by atoms with Crippen molar-refractivity contribution in [1.29, 1.82) is 0 Å². The first-order valence-electron chi connectivity index (χ1n) is 15.4. The molecule has 50 heavy (non-hydrogen) atoms. The fourth-order valence-electron chi connectivity index (χ4n) is 4.55. The molecule has 5 atom stereocenters. The molecule has 0 spiro atoms. The molecule has 3 rings (SSSR count). The molecule has 2 heterocycles. The lowest BCUT2D eigenvalue weighted by Gasteiger charge is -2.39. The molecule has 1 fully saturated rings. The number of carboxylic acid groups (broad SMARTS) is 2. The van der Waals surface area contributed by atoms with Gasteiger partial charge in [-0.25, -0.2) is 9.59 Å². The minimum atomic E-state index is -1.55. The van der Waals surface area contributed by atoms with Gasteiger partial charge in [-0.05, 0) is 62.9 Å². The number of aliphatic hydroxyl groups excluding tert-OH is 4. The van der Waals surface area contributed by atoms with Crippen molar-refractivity contribution in [1.82, 2.24) is 15.5 Å². The van der Waals surface area contributed by atoms with Gasteiger partial charge in [0, 0.05) is 36.4 Å². The van der Waals surface area contributed by atoms with E-state index < -0.39 is 54.7 Å². The van der Waals surface area contributed by atoms with E-state index in [4.69, 9.17) is 30.2 Å². The monoisotopic (exact) mass is 716 g/mol. The Hall–Kier alpha value is -4.14. The Balaban J connectivity index is 0.00000214. The standard InChI is InChI=1S/C28H44N4O8.C4H4O4.2H2O/c1-15(2)21-19(25(32-31-21)40-26-24(36)23(35)22(34)20(13-33)39-26)12-17-7-8-18(11-16(17)3)38-10-6-9-30-14-28(4,5)27(29)37;5-3(6)1-2-4(7)8;;/h7-8,11,15,20,22-24,26,30,33-36H,6,9-10,12-14H2,1-5H3,(H2,29,37)(H,31,32);1-2H,(H,5,6)(H,7,8);2*1H2/b;2-1+;;/t20-,22-,23+,24-,26+;;;/m1.../s1. The molecular formula is C32H52N4O14. The van der Waals surface area contributed by atoms with Crippen molar-refractivity contribution >= 4 is 17.8 Å². The Bertz CT molecular complexity index is 1380. The number of nitrogens with two attached hydrogens (primary N) is 1. The van der Waals surface area contributed by atoms with Crippen LogP contribution in [0.25, 0.3) is 0 Å². The summed E-state index contributed by atoms with van der Waals surface area (Å²) in [4.78, 5) is 30.5. The zero-order valence-electron chi connectivity index (χ0n) is 28.8. The number of aromatic nitrogens is 2. The molecule has 18 nitrogen and oxygen atoms in total. The quantitative estimate of drug-likeness (QED) is 0.0709. The van der Waals surface area contributed by atoms with Crippen LogP contribution in [0.4, 0.5) is 0 Å². The SMILES string of the molecule is Cc1cc(OCCCNCC(C)(C)C(N)=O)ccc1Cc1c(O[C@@H]2O[C@H](CO)[C@@H](O)[C@H](O)[C@H]2O)n[nH]c1C(C)C.O.O.O=C(O)/C=C/C(=O)O. The molecule has 18 heteroatoms. The minimum Gasteiger partial charge on any atom is -0.494 e. The van der Waals surface area contributed by atoms with Gasteiger partial charge < -0.3 is 66.9 Å². The van der Waals surface area contributed by atoms with E-state index in [-0.39, 0.29) is 28.7 Å². The van der Waals surface area contributed by atoms with Crippen molar-refractivity contribution in [3.05, 3.63) is 52.7 Å². The van der Waals surface area contributed by atoms with Crippen LogP contribution < -0.4 is 20.5 Å². The second-order valence-electron chi connectivity index (χ2n) is 12.3. The van der Waals surface area contributed by atoms with Gasteiger partial charge in [0.15, 0.2) is 0 Å². The van der Waals surface area contributed by atoms with Crippen LogP contribution in [0, 0.1) is 12.3 Å². The van der Waals surface area contributed by atoms with Crippen molar-refractivity contribution in [2.75, 3.05) is 26.3 Å². The predicted octanol–water partition coefficient (Wildman–Crippen LogP) is -1.46. The lowest BCUT2D eigenvalue weighted by atomic mass is 9.93. The lowest BCUT2D eigenvalue weighted by molar-refractivity contribution is -0.278. The summed E-state index contributed by atoms with van der Waals surface area (Å²) >= 11 is 0. The normalized spacial score (nSPS) is 20.2. The number of carbonyl (C=O) groups is 3. The first-order valence-corrected chi connectivity index (χ1v) is 15.4. The van der Waals surface area contributed by atoms with Gasteiger partial charge in [0.05, 0.1) is 18.6 Å². The maximum atomic E-state index is 11.4. The highest BCUT2D eigenvalue weighted by Gasteiger charge is 2.45. The average molecular weight is 717 g/mol. The van der Waals surface area contributed by atoms with E-state index in [0.29, 0.717) is 38.3 Å². The molecule has 284 valence electrons. The molecule has 1 aromatic carbocycles. The van der Waals surface area contributed by atoms with Crippen molar-refractivity contribution in [2.24, 2.45) is 11.1 Å². The summed E-state index contributed by atoms with van der Waals surface area (Å²) in [6.45, 7) is 10.8. The van der Waals surface area contributed by atoms with Crippen molar-refractivity contribution in [2.45, 2.75) is 84.1 Å². The third-order valence-electron chi connectivity index (χ3n) is 7.57. The molecular weight excluding hydrogens is 664 g/mol. The van der Waals surface area contributed by atoms with Crippen LogP contribution >= 0.6 is 0 Å². The highest BCUT2D eigenvalue weighted by molar-refractivity contribution is 5.89. The van der Waals surface area contributed by atoms with Gasteiger partial charge in [-0.2, -0.15) is 0 Å². The van der Waals surface area contributed by atoms with E-state index in [0.717, 1.165) is 34.6 Å². The summed E-state index contributed by atoms with van der Waals surface area (Å²) in [5.41, 5.74) is 8.45. The first-order chi connectivity index (χ1) is 22.5. The molecule has 0 unspecified atom stereocenters. The van der Waals surface area contributed by atoms with E-state index in [1.165, 1.54) is 0 Å². The number of carbonyl (C=O) groups excluding carboxylic acids is 1. The van der Waals surface area contributed by atoms with Gasteiger partial charge in [0.25, 0.3) is 0 Å². The van der Waals surface area contributed by atoms with E-state index in [1.807, 2.05) is 39.0 Å². The second-order valence-corrected chi connectivity index (χ2v) is 12.3. The fraction of sp³-hybridized carbons (Fsp3) is 0.562. The number of ether oxygens (including phenoxy) is 3. The van der Waals surface area contributed by atoms with Crippen LogP contribution in [0.2, 0.25) is 0 Å². The lowest BCUT2D eigenvalue weighted by Crippen LogP contribution is -2.60. The van der Waals surface area contributed by atoms with Crippen molar-refractivity contribution in [3.63, 3.8) is 0 Å². The summed E-state index contributed by atoms with van der Waals surface area (Å²) in [6, 6.07) is 5.85. The van der Waals surface area contributed by atoms with E-state index in [9.17, 15) is 34.8 Å². The van der Waals surface area contributed by atoms with E-state index >= 15 is 0 Å². The topological polar surface area (TPSA) is 330 Å². The van der Waals surface area contributed by atoms with Gasteiger partial charge in [-0.1, -0.05) is 19.9 Å². The van der Waals surface area contributed by atoms with E-state index in [2.05, 4.69) is 15.5 Å². The van der Waals surface area contributed by atoms with Gasteiger partial charge in [-0.15, -0.1) is 5.10 Å². The number of rotatable bonds is 16. The van der Waals surface area contributed by atoms with Crippen molar-refractivity contribution < 1.29 is 70.2 Å². The first kappa shape index (κ1) is 45.9. The van der Waals surface area contributed by atoms with Gasteiger partial charge in [0.2, 0.25) is 18.1 Å². The minimum absolute atomic E-state index is 0. The van der Waals surface area contributed by atoms with Gasteiger partial charge in [-0.3, -0.25) is 9.89 Å². The maximum Gasteiger partial charge on any atom is 0.328 e. The number of aryl methyl sites for hydroxylation is 1. The number of H-pyrrole nitrogens is 1. The molecule has 1 aromatic heterocycles. The number of hydrogen-bond acceptors (Lipinski definition) is 12. The number of nitrogens with one attached hydrogen (secondary N) is 2. The van der Waals surface area contributed by atoms with Crippen LogP contribution in [0.5, 0.6) is 11.6 Å². The Morgan fingerprint density at radius 2 is 1.70 bits per heavy atom. The third-order valence-corrected chi connectivity index (χ3v) is 7.57. The molecule has 0 bridgehead atoms. The molecule has 1 aliphatic heterocycles. The number of benzene rings is 1. The van der Waals surface area contributed by atoms with Crippen molar-refractivity contribution in [3.8, 4) is 11.6 Å². The molecule has 0 aliphatic carbocycles. The highest BCUT2D eigenvalue weighted by atomic mass is 16.7. The molecule has 0 radical (unpaired) electrons. The number of nitrogens with zero attached hydrogens (tertiary/aromatic N) is 1. The summed E-state index contributed by atoms with van der Waals surface area (Å²) in [7, 11) is 0. The molecule has 1 saturated heterocycles. The van der Waals surface area contributed by atoms with Crippen LogP contribution in [0.15, 0.2) is 30.4 Å². The van der Waals surface area contributed by atoms with Gasteiger partial charge in [0.1, 0.15) is 30.2 Å². The molecule has 0 saturated carbocycles. The summed E-state index contributed by atoms with van der Waals surface area (Å²) in [5, 5.41) is 66.2. The Morgan fingerprint density at radius 1 is 1.08 bits per heavy atom. The number of aromatic amines is 1. The Kier molecular flexibility index (Phi) is 19.4. The third kappa shape index (κ3) is 13.6.